The Balaban J connectivity index is 1.54. The number of pyridine rings is 1. The summed E-state index contributed by atoms with van der Waals surface area (Å²) < 4.78 is 2.27. The zero-order valence-electron chi connectivity index (χ0n) is 13.1. The molecular weight excluding hydrogens is 274 g/mol. The van der Waals surface area contributed by atoms with E-state index >= 15 is 0 Å². The van der Waals surface area contributed by atoms with E-state index in [0.717, 1.165) is 51.6 Å². The van der Waals surface area contributed by atoms with Gasteiger partial charge in [-0.15, -0.1) is 0 Å². The highest BCUT2D eigenvalue weighted by Crippen LogP contribution is 2.22. The van der Waals surface area contributed by atoms with Gasteiger partial charge in [0.15, 0.2) is 0 Å². The normalized spacial score (nSPS) is 20.6. The number of hydrogen-bond donors (Lipinski definition) is 2. The van der Waals surface area contributed by atoms with Crippen LogP contribution >= 0.6 is 0 Å². The third-order valence-corrected chi connectivity index (χ3v) is 5.00. The molecule has 5 nitrogen and oxygen atoms in total. The predicted molar refractivity (Wildman–Crippen MR) is 89.6 cm³/mol. The van der Waals surface area contributed by atoms with Crippen molar-refractivity contribution < 1.29 is 0 Å². The quantitative estimate of drug-likeness (QED) is 0.896. The molecule has 0 amide bonds. The third-order valence-electron chi connectivity index (χ3n) is 5.00. The number of piperidine rings is 1. The van der Waals surface area contributed by atoms with Crippen LogP contribution in [0.15, 0.2) is 24.5 Å². The van der Waals surface area contributed by atoms with Crippen molar-refractivity contribution in [3.8, 4) is 0 Å². The van der Waals surface area contributed by atoms with Crippen molar-refractivity contribution in [3.05, 3.63) is 30.4 Å². The van der Waals surface area contributed by atoms with Gasteiger partial charge in [-0.3, -0.25) is 0 Å². The molecule has 2 fully saturated rings. The van der Waals surface area contributed by atoms with Crippen LogP contribution in [-0.2, 0) is 6.42 Å². The van der Waals surface area contributed by atoms with Crippen LogP contribution in [0.3, 0.4) is 0 Å². The summed E-state index contributed by atoms with van der Waals surface area (Å²) >= 11 is 0. The maximum Gasteiger partial charge on any atom is 0.113 e. The van der Waals surface area contributed by atoms with Crippen LogP contribution in [0.4, 0.5) is 5.69 Å². The number of anilines is 1. The number of fused-ring (bicyclic) bond motifs is 1. The topological polar surface area (TPSA) is 44.6 Å². The first-order valence-electron chi connectivity index (χ1n) is 8.52. The van der Waals surface area contributed by atoms with Crippen molar-refractivity contribution in [2.24, 2.45) is 5.92 Å². The van der Waals surface area contributed by atoms with E-state index in [0.29, 0.717) is 0 Å². The molecule has 2 N–H and O–H groups in total. The molecule has 0 unspecified atom stereocenters. The van der Waals surface area contributed by atoms with Gasteiger partial charge < -0.3 is 19.9 Å². The fourth-order valence-corrected chi connectivity index (χ4v) is 3.66. The van der Waals surface area contributed by atoms with Crippen LogP contribution in [0, 0.1) is 5.92 Å². The smallest absolute Gasteiger partial charge is 0.113 e. The van der Waals surface area contributed by atoms with Gasteiger partial charge in [-0.25, -0.2) is 4.98 Å². The molecular formula is C17H25N5. The average molecular weight is 299 g/mol. The van der Waals surface area contributed by atoms with E-state index in [-0.39, 0.29) is 0 Å². The van der Waals surface area contributed by atoms with Gasteiger partial charge in [-0.1, -0.05) is 0 Å². The van der Waals surface area contributed by atoms with Crippen molar-refractivity contribution in [3.63, 3.8) is 0 Å². The highest BCUT2D eigenvalue weighted by Gasteiger charge is 2.17. The molecule has 2 aromatic heterocycles. The molecule has 2 aliphatic heterocycles. The van der Waals surface area contributed by atoms with Gasteiger partial charge in [0.05, 0.1) is 11.7 Å². The van der Waals surface area contributed by atoms with E-state index in [1.165, 1.54) is 29.9 Å². The second-order valence-corrected chi connectivity index (χ2v) is 6.49. The Bertz CT molecular complexity index is 623. The summed E-state index contributed by atoms with van der Waals surface area (Å²) in [5, 5.41) is 6.84. The second kappa shape index (κ2) is 6.26. The van der Waals surface area contributed by atoms with Crippen molar-refractivity contribution in [2.75, 3.05) is 44.2 Å². The van der Waals surface area contributed by atoms with Crippen LogP contribution in [0.2, 0.25) is 0 Å². The third kappa shape index (κ3) is 2.83. The van der Waals surface area contributed by atoms with E-state index in [1.807, 2.05) is 6.20 Å². The van der Waals surface area contributed by atoms with Gasteiger partial charge in [0.1, 0.15) is 5.82 Å². The minimum Gasteiger partial charge on any atom is -0.369 e. The number of piperazine rings is 1. The fraction of sp³-hybridized carbons (Fsp3) is 0.588. The summed E-state index contributed by atoms with van der Waals surface area (Å²) in [6, 6.07) is 4.52. The van der Waals surface area contributed by atoms with Crippen molar-refractivity contribution in [1.82, 2.24) is 20.0 Å². The Morgan fingerprint density at radius 3 is 2.68 bits per heavy atom. The highest BCUT2D eigenvalue weighted by atomic mass is 15.2. The molecule has 22 heavy (non-hydrogen) atoms. The van der Waals surface area contributed by atoms with E-state index in [9.17, 15) is 0 Å². The van der Waals surface area contributed by atoms with Crippen LogP contribution in [0.5, 0.6) is 0 Å². The van der Waals surface area contributed by atoms with Crippen LogP contribution in [-0.4, -0.2) is 48.7 Å². The Morgan fingerprint density at radius 2 is 1.86 bits per heavy atom. The molecule has 4 heterocycles. The van der Waals surface area contributed by atoms with Gasteiger partial charge >= 0.3 is 0 Å². The number of hydrogen-bond acceptors (Lipinski definition) is 4. The SMILES string of the molecule is c1cn2c(CC3CCNCC3)ncc2cc1N1CCNCC1. The maximum atomic E-state index is 4.69. The molecule has 0 radical (unpaired) electrons. The minimum absolute atomic E-state index is 0.777. The lowest BCUT2D eigenvalue weighted by atomic mass is 9.94. The van der Waals surface area contributed by atoms with E-state index < -0.39 is 0 Å². The molecule has 2 aliphatic rings. The largest absolute Gasteiger partial charge is 0.369 e. The van der Waals surface area contributed by atoms with Gasteiger partial charge in [-0.2, -0.15) is 0 Å². The van der Waals surface area contributed by atoms with E-state index in [1.54, 1.807) is 0 Å². The molecule has 118 valence electrons. The Kier molecular flexibility index (Phi) is 3.99. The van der Waals surface area contributed by atoms with Crippen LogP contribution in [0.1, 0.15) is 18.7 Å². The molecule has 0 bridgehead atoms. The van der Waals surface area contributed by atoms with Crippen molar-refractivity contribution in [2.45, 2.75) is 19.3 Å². The number of aromatic nitrogens is 2. The number of imidazole rings is 1. The molecule has 0 saturated carbocycles. The first-order chi connectivity index (χ1) is 10.9. The Labute approximate surface area is 131 Å². The highest BCUT2D eigenvalue weighted by molar-refractivity contribution is 5.59. The van der Waals surface area contributed by atoms with Gasteiger partial charge in [0.25, 0.3) is 0 Å². The van der Waals surface area contributed by atoms with E-state index in [4.69, 9.17) is 0 Å². The van der Waals surface area contributed by atoms with Gasteiger partial charge in [-0.05, 0) is 44.0 Å². The molecule has 5 heteroatoms. The molecule has 2 saturated heterocycles. The van der Waals surface area contributed by atoms with Crippen molar-refractivity contribution in [1.29, 1.82) is 0 Å². The fourth-order valence-electron chi connectivity index (χ4n) is 3.66. The van der Waals surface area contributed by atoms with Gasteiger partial charge in [0, 0.05) is 44.5 Å². The van der Waals surface area contributed by atoms with Gasteiger partial charge in [0.2, 0.25) is 0 Å². The summed E-state index contributed by atoms with van der Waals surface area (Å²) in [5.74, 6) is 1.99. The summed E-state index contributed by atoms with van der Waals surface area (Å²) in [5.41, 5.74) is 2.54. The van der Waals surface area contributed by atoms with Crippen LogP contribution in [0.25, 0.3) is 5.52 Å². The van der Waals surface area contributed by atoms with E-state index in [2.05, 4.69) is 43.2 Å². The lowest BCUT2D eigenvalue weighted by Gasteiger charge is -2.29. The first kappa shape index (κ1) is 14.0. The number of rotatable bonds is 3. The summed E-state index contributed by atoms with van der Waals surface area (Å²) in [7, 11) is 0. The second-order valence-electron chi connectivity index (χ2n) is 6.49. The standard InChI is InChI=1S/C17H25N5/c1-4-18-5-2-14(1)11-17-20-13-16-12-15(3-8-22(16)17)21-9-6-19-7-10-21/h3,8,12-14,18-19H,1-2,4-7,9-11H2. The summed E-state index contributed by atoms with van der Waals surface area (Å²) in [6.45, 7) is 6.64. The molecule has 2 aromatic rings. The summed E-state index contributed by atoms with van der Waals surface area (Å²) in [4.78, 5) is 7.14. The zero-order chi connectivity index (χ0) is 14.8. The lowest BCUT2D eigenvalue weighted by Crippen LogP contribution is -2.43. The lowest BCUT2D eigenvalue weighted by molar-refractivity contribution is 0.367. The molecule has 0 aliphatic carbocycles. The van der Waals surface area contributed by atoms with Crippen molar-refractivity contribution >= 4 is 11.2 Å². The first-order valence-corrected chi connectivity index (χ1v) is 8.52. The molecule has 0 spiro atoms. The molecule has 0 atom stereocenters. The summed E-state index contributed by atoms with van der Waals surface area (Å²) in [6.07, 6.45) is 7.88. The predicted octanol–water partition coefficient (Wildman–Crippen LogP) is 1.29. The Hall–Kier alpha value is -1.59. The minimum atomic E-state index is 0.777. The Morgan fingerprint density at radius 1 is 1.09 bits per heavy atom. The maximum absolute atomic E-state index is 4.69. The molecule has 0 aromatic carbocycles. The van der Waals surface area contributed by atoms with Crippen LogP contribution < -0.4 is 15.5 Å². The zero-order valence-corrected chi connectivity index (χ0v) is 13.1. The number of nitrogens with one attached hydrogen (secondary N) is 2. The monoisotopic (exact) mass is 299 g/mol. The number of nitrogens with zero attached hydrogens (tertiary/aromatic N) is 3. The molecule has 4 rings (SSSR count). The average Bonchev–Trinajstić information content (AvgIpc) is 2.99.